The number of urea groups is 1. The Labute approximate surface area is 124 Å². The quantitative estimate of drug-likeness (QED) is 0.793. The molecule has 112 valence electrons. The molecule has 0 atom stereocenters. The topological polar surface area (TPSA) is 63.2 Å². The fourth-order valence-electron chi connectivity index (χ4n) is 2.48. The summed E-state index contributed by atoms with van der Waals surface area (Å²) >= 11 is 1.64. The standard InChI is InChI=1S/C14H23N3O2S/c1-19-8-7-15-14(18)16-9-13-17-12(10-20-13)11-5-3-2-4-6-11/h10-11H,2-9H2,1H3,(H2,15,16,18). The van der Waals surface area contributed by atoms with Gasteiger partial charge in [0.15, 0.2) is 0 Å². The summed E-state index contributed by atoms with van der Waals surface area (Å²) in [6.45, 7) is 1.54. The summed E-state index contributed by atoms with van der Waals surface area (Å²) in [7, 11) is 1.61. The van der Waals surface area contributed by atoms with Crippen molar-refractivity contribution in [2.24, 2.45) is 0 Å². The zero-order chi connectivity index (χ0) is 14.2. The highest BCUT2D eigenvalue weighted by molar-refractivity contribution is 7.09. The molecule has 1 aliphatic carbocycles. The highest BCUT2D eigenvalue weighted by atomic mass is 32.1. The van der Waals surface area contributed by atoms with Crippen molar-refractivity contribution >= 4 is 17.4 Å². The van der Waals surface area contributed by atoms with Crippen LogP contribution in [0.4, 0.5) is 4.79 Å². The molecule has 5 nitrogen and oxygen atoms in total. The summed E-state index contributed by atoms with van der Waals surface area (Å²) in [6, 6.07) is -0.170. The number of methoxy groups -OCH3 is 1. The number of rotatable bonds is 6. The van der Waals surface area contributed by atoms with Gasteiger partial charge in [-0.1, -0.05) is 19.3 Å². The second kappa shape index (κ2) is 8.21. The van der Waals surface area contributed by atoms with Gasteiger partial charge in [-0.2, -0.15) is 0 Å². The number of nitrogens with one attached hydrogen (secondary N) is 2. The molecule has 0 radical (unpaired) electrons. The van der Waals surface area contributed by atoms with Gasteiger partial charge in [0.05, 0.1) is 18.8 Å². The molecule has 1 aliphatic rings. The van der Waals surface area contributed by atoms with Crippen LogP contribution in [-0.4, -0.2) is 31.3 Å². The number of carbonyl (C=O) groups excluding carboxylic acids is 1. The normalized spacial score (nSPS) is 16.1. The zero-order valence-electron chi connectivity index (χ0n) is 12.0. The Hall–Kier alpha value is -1.14. The van der Waals surface area contributed by atoms with E-state index in [0.717, 1.165) is 5.01 Å². The lowest BCUT2D eigenvalue weighted by atomic mass is 9.87. The highest BCUT2D eigenvalue weighted by Crippen LogP contribution is 2.32. The predicted molar refractivity (Wildman–Crippen MR) is 80.1 cm³/mol. The van der Waals surface area contributed by atoms with Gasteiger partial charge in [-0.3, -0.25) is 0 Å². The van der Waals surface area contributed by atoms with Crippen LogP contribution in [-0.2, 0) is 11.3 Å². The Bertz CT molecular complexity index is 416. The second-order valence-electron chi connectivity index (χ2n) is 5.10. The van der Waals surface area contributed by atoms with Gasteiger partial charge in [-0.25, -0.2) is 9.78 Å². The highest BCUT2D eigenvalue weighted by Gasteiger charge is 2.18. The van der Waals surface area contributed by atoms with E-state index in [1.807, 2.05) is 0 Å². The Morgan fingerprint density at radius 3 is 2.95 bits per heavy atom. The Balaban J connectivity index is 1.73. The average Bonchev–Trinajstić information content (AvgIpc) is 2.95. The monoisotopic (exact) mass is 297 g/mol. The molecule has 0 unspecified atom stereocenters. The van der Waals surface area contributed by atoms with Crippen LogP contribution in [0.5, 0.6) is 0 Å². The number of amides is 2. The van der Waals surface area contributed by atoms with E-state index in [4.69, 9.17) is 4.74 Å². The predicted octanol–water partition coefficient (Wildman–Crippen LogP) is 2.64. The van der Waals surface area contributed by atoms with Gasteiger partial charge < -0.3 is 15.4 Å². The first-order valence-corrected chi connectivity index (χ1v) is 8.12. The number of nitrogens with zero attached hydrogens (tertiary/aromatic N) is 1. The third-order valence-corrected chi connectivity index (χ3v) is 4.45. The molecule has 0 aliphatic heterocycles. The number of carbonyl (C=O) groups is 1. The van der Waals surface area contributed by atoms with Crippen LogP contribution >= 0.6 is 11.3 Å². The van der Waals surface area contributed by atoms with E-state index < -0.39 is 0 Å². The van der Waals surface area contributed by atoms with Gasteiger partial charge in [0.25, 0.3) is 0 Å². The fraction of sp³-hybridized carbons (Fsp3) is 0.714. The maximum absolute atomic E-state index is 11.5. The average molecular weight is 297 g/mol. The van der Waals surface area contributed by atoms with E-state index in [1.165, 1.54) is 37.8 Å². The Kier molecular flexibility index (Phi) is 6.26. The van der Waals surface area contributed by atoms with Crippen molar-refractivity contribution in [1.29, 1.82) is 0 Å². The minimum atomic E-state index is -0.170. The Morgan fingerprint density at radius 1 is 1.40 bits per heavy atom. The van der Waals surface area contributed by atoms with E-state index >= 15 is 0 Å². The molecule has 2 rings (SSSR count). The summed E-state index contributed by atoms with van der Waals surface area (Å²) in [6.07, 6.45) is 6.51. The second-order valence-corrected chi connectivity index (χ2v) is 6.05. The van der Waals surface area contributed by atoms with Crippen LogP contribution in [0.15, 0.2) is 5.38 Å². The minimum Gasteiger partial charge on any atom is -0.383 e. The molecule has 1 aromatic heterocycles. The largest absolute Gasteiger partial charge is 0.383 e. The van der Waals surface area contributed by atoms with Crippen molar-refractivity contribution in [3.63, 3.8) is 0 Å². The molecular formula is C14H23N3O2S. The first kappa shape index (κ1) is 15.3. The molecule has 1 saturated carbocycles. The van der Waals surface area contributed by atoms with E-state index in [0.29, 0.717) is 25.6 Å². The van der Waals surface area contributed by atoms with Crippen molar-refractivity contribution in [1.82, 2.24) is 15.6 Å². The lowest BCUT2D eigenvalue weighted by Crippen LogP contribution is -2.36. The van der Waals surface area contributed by atoms with Gasteiger partial charge >= 0.3 is 6.03 Å². The van der Waals surface area contributed by atoms with Crippen LogP contribution < -0.4 is 10.6 Å². The fourth-order valence-corrected chi connectivity index (χ4v) is 3.29. The van der Waals surface area contributed by atoms with Crippen LogP contribution in [0.1, 0.15) is 48.7 Å². The molecular weight excluding hydrogens is 274 g/mol. The third kappa shape index (κ3) is 4.76. The molecule has 1 aromatic rings. The zero-order valence-corrected chi connectivity index (χ0v) is 12.8. The van der Waals surface area contributed by atoms with Crippen LogP contribution in [0, 0.1) is 0 Å². The van der Waals surface area contributed by atoms with Crippen LogP contribution in [0.3, 0.4) is 0 Å². The number of hydrogen-bond donors (Lipinski definition) is 2. The lowest BCUT2D eigenvalue weighted by Gasteiger charge is -2.19. The van der Waals surface area contributed by atoms with Gasteiger partial charge in [0.2, 0.25) is 0 Å². The van der Waals surface area contributed by atoms with Crippen molar-refractivity contribution < 1.29 is 9.53 Å². The summed E-state index contributed by atoms with van der Waals surface area (Å²) in [5.41, 5.74) is 1.21. The molecule has 20 heavy (non-hydrogen) atoms. The van der Waals surface area contributed by atoms with Crippen LogP contribution in [0.2, 0.25) is 0 Å². The van der Waals surface area contributed by atoms with Crippen molar-refractivity contribution in [2.45, 2.75) is 44.6 Å². The number of ether oxygens (including phenoxy) is 1. The molecule has 1 fully saturated rings. The molecule has 2 N–H and O–H groups in total. The van der Waals surface area contributed by atoms with E-state index in [1.54, 1.807) is 18.4 Å². The molecule has 0 bridgehead atoms. The van der Waals surface area contributed by atoms with E-state index in [2.05, 4.69) is 21.0 Å². The Morgan fingerprint density at radius 2 is 2.20 bits per heavy atom. The lowest BCUT2D eigenvalue weighted by molar-refractivity contribution is 0.196. The van der Waals surface area contributed by atoms with Gasteiger partial charge in [-0.15, -0.1) is 11.3 Å². The van der Waals surface area contributed by atoms with Gasteiger partial charge in [-0.05, 0) is 12.8 Å². The summed E-state index contributed by atoms with van der Waals surface area (Å²) in [5.74, 6) is 0.629. The number of hydrogen-bond acceptors (Lipinski definition) is 4. The summed E-state index contributed by atoms with van der Waals surface area (Å²) < 4.78 is 4.87. The van der Waals surface area contributed by atoms with E-state index in [-0.39, 0.29) is 6.03 Å². The smallest absolute Gasteiger partial charge is 0.315 e. The molecule has 6 heteroatoms. The van der Waals surface area contributed by atoms with Crippen LogP contribution in [0.25, 0.3) is 0 Å². The maximum atomic E-state index is 11.5. The van der Waals surface area contributed by atoms with E-state index in [9.17, 15) is 4.79 Å². The molecule has 0 aromatic carbocycles. The molecule has 1 heterocycles. The summed E-state index contributed by atoms with van der Waals surface area (Å²) in [5, 5.41) is 8.67. The minimum absolute atomic E-state index is 0.170. The first-order chi connectivity index (χ1) is 9.79. The van der Waals surface area contributed by atoms with Gasteiger partial charge in [0.1, 0.15) is 5.01 Å². The third-order valence-electron chi connectivity index (χ3n) is 3.58. The molecule has 0 saturated heterocycles. The number of aromatic nitrogens is 1. The first-order valence-electron chi connectivity index (χ1n) is 7.24. The molecule has 2 amide bonds. The van der Waals surface area contributed by atoms with Crippen molar-refractivity contribution in [2.75, 3.05) is 20.3 Å². The molecule has 0 spiro atoms. The summed E-state index contributed by atoms with van der Waals surface area (Å²) in [4.78, 5) is 16.2. The number of thiazole rings is 1. The maximum Gasteiger partial charge on any atom is 0.315 e. The van der Waals surface area contributed by atoms with Crippen molar-refractivity contribution in [3.05, 3.63) is 16.1 Å². The SMILES string of the molecule is COCCNC(=O)NCc1nc(C2CCCCC2)cs1. The van der Waals surface area contributed by atoms with Gasteiger partial charge in [0, 0.05) is 25.0 Å². The van der Waals surface area contributed by atoms with Crippen molar-refractivity contribution in [3.8, 4) is 0 Å².